The summed E-state index contributed by atoms with van der Waals surface area (Å²) in [6, 6.07) is 22.6. The highest BCUT2D eigenvalue weighted by molar-refractivity contribution is 6.01. The van der Waals surface area contributed by atoms with Crippen LogP contribution in [0, 0.1) is 25.2 Å². The number of nitriles is 1. The van der Waals surface area contributed by atoms with Gasteiger partial charge in [0.25, 0.3) is 5.91 Å². The first kappa shape index (κ1) is 23.1. The van der Waals surface area contributed by atoms with Gasteiger partial charge >= 0.3 is 0 Å². The maximum atomic E-state index is 12.6. The van der Waals surface area contributed by atoms with Crippen molar-refractivity contribution in [1.29, 1.82) is 5.26 Å². The smallest absolute Gasteiger partial charge is 0.261 e. The number of hydrogen-bond donors (Lipinski definition) is 1. The number of nitrogens with one attached hydrogen (secondary N) is 1. The summed E-state index contributed by atoms with van der Waals surface area (Å²) in [5.41, 5.74) is 6.63. The second kappa shape index (κ2) is 9.70. The molecule has 3 rings (SSSR count). The minimum Gasteiger partial charge on any atom is -0.351 e. The lowest BCUT2D eigenvalue weighted by molar-refractivity contribution is -0.117. The summed E-state index contributed by atoms with van der Waals surface area (Å²) < 4.78 is 2.15. The second-order valence-corrected chi connectivity index (χ2v) is 9.12. The molecule has 1 N–H and O–H groups in total. The van der Waals surface area contributed by atoms with Crippen LogP contribution in [0.25, 0.3) is 11.8 Å². The van der Waals surface area contributed by atoms with E-state index in [0.717, 1.165) is 34.6 Å². The largest absolute Gasteiger partial charge is 0.351 e. The van der Waals surface area contributed by atoms with Gasteiger partial charge < -0.3 is 9.88 Å². The van der Waals surface area contributed by atoms with Crippen molar-refractivity contribution < 1.29 is 4.79 Å². The van der Waals surface area contributed by atoms with Crippen molar-refractivity contribution in [2.24, 2.45) is 0 Å². The highest BCUT2D eigenvalue weighted by atomic mass is 16.1. The topological polar surface area (TPSA) is 57.8 Å². The number of nitrogens with zero attached hydrogens (tertiary/aromatic N) is 2. The average molecular weight is 426 g/mol. The fraction of sp³-hybridized carbons (Fsp3) is 0.286. The number of carbonyl (C=O) groups excluding carboxylic acids is 1. The zero-order valence-electron chi connectivity index (χ0n) is 19.6. The Hall–Kier alpha value is -3.58. The van der Waals surface area contributed by atoms with Gasteiger partial charge in [0, 0.05) is 23.6 Å². The van der Waals surface area contributed by atoms with Gasteiger partial charge in [-0.05, 0) is 66.6 Å². The molecule has 0 aliphatic rings. The van der Waals surface area contributed by atoms with Crippen molar-refractivity contribution in [2.45, 2.75) is 46.5 Å². The molecule has 4 heteroatoms. The number of aromatic nitrogens is 1. The van der Waals surface area contributed by atoms with E-state index >= 15 is 0 Å². The Morgan fingerprint density at radius 1 is 1.06 bits per heavy atom. The molecule has 1 heterocycles. The molecule has 1 amide bonds. The Kier molecular flexibility index (Phi) is 7.00. The summed E-state index contributed by atoms with van der Waals surface area (Å²) in [4.78, 5) is 12.6. The average Bonchev–Trinajstić information content (AvgIpc) is 3.05. The van der Waals surface area contributed by atoms with E-state index in [2.05, 4.69) is 61.0 Å². The van der Waals surface area contributed by atoms with Crippen LogP contribution in [0.2, 0.25) is 0 Å². The van der Waals surface area contributed by atoms with Crippen LogP contribution in [0.1, 0.15) is 48.8 Å². The number of hydrogen-bond acceptors (Lipinski definition) is 2. The third-order valence-electron chi connectivity index (χ3n) is 5.67. The van der Waals surface area contributed by atoms with Crippen molar-refractivity contribution in [2.75, 3.05) is 6.54 Å². The highest BCUT2D eigenvalue weighted by Crippen LogP contribution is 2.26. The van der Waals surface area contributed by atoms with Gasteiger partial charge in [0.1, 0.15) is 11.6 Å². The van der Waals surface area contributed by atoms with Crippen LogP contribution >= 0.6 is 0 Å². The number of benzene rings is 2. The summed E-state index contributed by atoms with van der Waals surface area (Å²) in [6.45, 7) is 11.1. The normalized spacial score (nSPS) is 11.8. The molecule has 2 aromatic carbocycles. The zero-order chi connectivity index (χ0) is 23.3. The molecule has 0 unspecified atom stereocenters. The van der Waals surface area contributed by atoms with Crippen molar-refractivity contribution in [3.05, 3.63) is 94.3 Å². The van der Waals surface area contributed by atoms with Crippen molar-refractivity contribution in [1.82, 2.24) is 9.88 Å². The minimum atomic E-state index is -0.345. The molecule has 0 radical (unpaired) electrons. The standard InChI is InChI=1S/C28H31N3O/c1-20-17-23(21(2)31(20)26-13-11-25(12-14-26)28(3,4)5)18-24(19-29)27(32)30-16-15-22-9-7-6-8-10-22/h6-14,17-18H,15-16H2,1-5H3,(H,30,32)/b24-18+. The monoisotopic (exact) mass is 425 g/mol. The van der Waals surface area contributed by atoms with E-state index in [1.54, 1.807) is 6.08 Å². The van der Waals surface area contributed by atoms with Crippen LogP contribution in [0.3, 0.4) is 0 Å². The third-order valence-corrected chi connectivity index (χ3v) is 5.67. The molecular formula is C28H31N3O. The van der Waals surface area contributed by atoms with Gasteiger partial charge in [0.2, 0.25) is 0 Å². The maximum Gasteiger partial charge on any atom is 0.261 e. The number of aryl methyl sites for hydroxylation is 1. The molecule has 164 valence electrons. The molecule has 32 heavy (non-hydrogen) atoms. The Balaban J connectivity index is 1.78. The van der Waals surface area contributed by atoms with Crippen molar-refractivity contribution >= 4 is 12.0 Å². The van der Waals surface area contributed by atoms with Gasteiger partial charge in [0.05, 0.1) is 0 Å². The van der Waals surface area contributed by atoms with Crippen LogP contribution < -0.4 is 5.32 Å². The molecule has 0 aliphatic heterocycles. The molecule has 0 spiro atoms. The highest BCUT2D eigenvalue weighted by Gasteiger charge is 2.16. The first-order chi connectivity index (χ1) is 15.2. The minimum absolute atomic E-state index is 0.1000. The van der Waals surface area contributed by atoms with Crippen LogP contribution in [-0.4, -0.2) is 17.0 Å². The van der Waals surface area contributed by atoms with E-state index in [1.165, 1.54) is 5.56 Å². The molecule has 0 saturated carbocycles. The molecule has 3 aromatic rings. The molecule has 4 nitrogen and oxygen atoms in total. The van der Waals surface area contributed by atoms with Gasteiger partial charge in [-0.3, -0.25) is 4.79 Å². The third kappa shape index (κ3) is 5.36. The van der Waals surface area contributed by atoms with Gasteiger partial charge in [0.15, 0.2) is 0 Å². The lowest BCUT2D eigenvalue weighted by atomic mass is 9.87. The maximum absolute atomic E-state index is 12.6. The van der Waals surface area contributed by atoms with E-state index in [0.29, 0.717) is 6.54 Å². The Labute approximate surface area is 191 Å². The van der Waals surface area contributed by atoms with Crippen molar-refractivity contribution in [3.63, 3.8) is 0 Å². The van der Waals surface area contributed by atoms with E-state index in [9.17, 15) is 10.1 Å². The van der Waals surface area contributed by atoms with Gasteiger partial charge in [-0.15, -0.1) is 0 Å². The lowest BCUT2D eigenvalue weighted by Gasteiger charge is -2.20. The van der Waals surface area contributed by atoms with Crippen LogP contribution in [-0.2, 0) is 16.6 Å². The predicted molar refractivity (Wildman–Crippen MR) is 131 cm³/mol. The van der Waals surface area contributed by atoms with E-state index in [4.69, 9.17) is 0 Å². The summed E-state index contributed by atoms with van der Waals surface area (Å²) in [6.07, 6.45) is 2.41. The summed E-state index contributed by atoms with van der Waals surface area (Å²) in [5, 5.41) is 12.4. The van der Waals surface area contributed by atoms with Gasteiger partial charge in [-0.2, -0.15) is 5.26 Å². The molecule has 0 atom stereocenters. The van der Waals surface area contributed by atoms with E-state index in [-0.39, 0.29) is 16.9 Å². The molecular weight excluding hydrogens is 394 g/mol. The fourth-order valence-corrected chi connectivity index (χ4v) is 3.81. The summed E-state index contributed by atoms with van der Waals surface area (Å²) >= 11 is 0. The second-order valence-electron chi connectivity index (χ2n) is 9.12. The van der Waals surface area contributed by atoms with Crippen LogP contribution in [0.5, 0.6) is 0 Å². The SMILES string of the molecule is Cc1cc(/C=C(\C#N)C(=O)NCCc2ccccc2)c(C)n1-c1ccc(C(C)(C)C)cc1. The number of rotatable bonds is 6. The van der Waals surface area contributed by atoms with Gasteiger partial charge in [-0.25, -0.2) is 0 Å². The number of carbonyl (C=O) groups is 1. The van der Waals surface area contributed by atoms with Crippen molar-refractivity contribution in [3.8, 4) is 11.8 Å². The van der Waals surface area contributed by atoms with Gasteiger partial charge in [-0.1, -0.05) is 63.2 Å². The molecule has 0 fully saturated rings. The van der Waals surface area contributed by atoms with E-state index in [1.807, 2.05) is 50.2 Å². The zero-order valence-corrected chi connectivity index (χ0v) is 19.6. The lowest BCUT2D eigenvalue weighted by Crippen LogP contribution is -2.26. The van der Waals surface area contributed by atoms with Crippen LogP contribution in [0.4, 0.5) is 0 Å². The Bertz CT molecular complexity index is 1150. The summed E-state index contributed by atoms with van der Waals surface area (Å²) in [7, 11) is 0. The first-order valence-corrected chi connectivity index (χ1v) is 10.9. The van der Waals surface area contributed by atoms with E-state index < -0.39 is 0 Å². The Morgan fingerprint density at radius 3 is 2.31 bits per heavy atom. The fourth-order valence-electron chi connectivity index (χ4n) is 3.81. The molecule has 1 aromatic heterocycles. The predicted octanol–water partition coefficient (Wildman–Crippen LogP) is 5.66. The number of amides is 1. The summed E-state index contributed by atoms with van der Waals surface area (Å²) in [5.74, 6) is -0.345. The first-order valence-electron chi connectivity index (χ1n) is 10.9. The Morgan fingerprint density at radius 2 is 1.72 bits per heavy atom. The molecule has 0 aliphatic carbocycles. The quantitative estimate of drug-likeness (QED) is 0.409. The molecule has 0 bridgehead atoms. The molecule has 0 saturated heterocycles. The van der Waals surface area contributed by atoms with Crippen LogP contribution in [0.15, 0.2) is 66.2 Å².